The molecular weight excluding hydrogens is 288 g/mol. The zero-order chi connectivity index (χ0) is 16.5. The van der Waals surface area contributed by atoms with Crippen molar-refractivity contribution in [2.75, 3.05) is 6.61 Å². The molecule has 1 saturated heterocycles. The van der Waals surface area contributed by atoms with Crippen LogP contribution in [0, 0.1) is 0 Å². The summed E-state index contributed by atoms with van der Waals surface area (Å²) in [5.41, 5.74) is 1.26. The van der Waals surface area contributed by atoms with Crippen LogP contribution in [0.25, 0.3) is 0 Å². The summed E-state index contributed by atoms with van der Waals surface area (Å²) in [6.45, 7) is 11.9. The van der Waals surface area contributed by atoms with E-state index in [1.807, 2.05) is 27.7 Å². The molecule has 0 aromatic heterocycles. The average molecular weight is 312 g/mol. The summed E-state index contributed by atoms with van der Waals surface area (Å²) in [6, 6.07) is 0. The molecule has 1 aliphatic heterocycles. The minimum atomic E-state index is -1.01. The molecule has 0 spiro atoms. The van der Waals surface area contributed by atoms with Crippen molar-refractivity contribution in [3.05, 3.63) is 23.8 Å². The molecule has 2 aliphatic rings. The number of carbonyl (C=O) groups is 1. The maximum Gasteiger partial charge on any atom is 0.328 e. The summed E-state index contributed by atoms with van der Waals surface area (Å²) in [5, 5.41) is 9.02. The Balaban J connectivity index is 2.23. The van der Waals surface area contributed by atoms with Gasteiger partial charge in [0.1, 0.15) is 12.2 Å². The lowest BCUT2D eigenvalue weighted by Gasteiger charge is -2.35. The van der Waals surface area contributed by atoms with Gasteiger partial charge in [0.2, 0.25) is 0 Å². The van der Waals surface area contributed by atoms with Gasteiger partial charge in [0.15, 0.2) is 12.1 Å². The van der Waals surface area contributed by atoms with Crippen molar-refractivity contribution in [3.8, 4) is 0 Å². The van der Waals surface area contributed by atoms with Crippen LogP contribution in [0.4, 0.5) is 0 Å². The van der Waals surface area contributed by atoms with E-state index in [9.17, 15) is 4.79 Å². The topological polar surface area (TPSA) is 74.2 Å². The third kappa shape index (κ3) is 3.76. The van der Waals surface area contributed by atoms with Crippen molar-refractivity contribution in [3.63, 3.8) is 0 Å². The number of rotatable bonds is 5. The smallest absolute Gasteiger partial charge is 0.328 e. The van der Waals surface area contributed by atoms with Crippen LogP contribution >= 0.6 is 0 Å². The normalized spacial score (nSPS) is 33.7. The van der Waals surface area contributed by atoms with Gasteiger partial charge < -0.3 is 24.1 Å². The van der Waals surface area contributed by atoms with E-state index in [1.165, 1.54) is 0 Å². The first-order chi connectivity index (χ1) is 10.2. The summed E-state index contributed by atoms with van der Waals surface area (Å²) in [6.07, 6.45) is 0.0901. The summed E-state index contributed by atoms with van der Waals surface area (Å²) in [7, 11) is 0. The number of ether oxygens (including phenoxy) is 4. The van der Waals surface area contributed by atoms with Crippen LogP contribution in [0.3, 0.4) is 0 Å². The second kappa shape index (κ2) is 6.50. The molecule has 2 rings (SSSR count). The maximum atomic E-state index is 11.0. The highest BCUT2D eigenvalue weighted by Gasteiger charge is 2.50. The fraction of sp³-hybridized carbons (Fsp3) is 0.688. The molecular formula is C16H24O6. The predicted molar refractivity (Wildman–Crippen MR) is 79.3 cm³/mol. The lowest BCUT2D eigenvalue weighted by molar-refractivity contribution is -0.200. The Morgan fingerprint density at radius 2 is 2.23 bits per heavy atom. The summed E-state index contributed by atoms with van der Waals surface area (Å²) >= 11 is 0. The Morgan fingerprint density at radius 1 is 1.55 bits per heavy atom. The highest BCUT2D eigenvalue weighted by atomic mass is 16.8. The van der Waals surface area contributed by atoms with E-state index in [0.29, 0.717) is 24.2 Å². The molecule has 2 fully saturated rings. The molecule has 1 saturated carbocycles. The Morgan fingerprint density at radius 3 is 2.82 bits per heavy atom. The van der Waals surface area contributed by atoms with E-state index in [0.717, 1.165) is 6.08 Å². The number of carboxylic acid groups (broad SMARTS) is 1. The Bertz CT molecular complexity index is 481. The van der Waals surface area contributed by atoms with Crippen LogP contribution in [0.1, 0.15) is 34.1 Å². The summed E-state index contributed by atoms with van der Waals surface area (Å²) < 4.78 is 23.1. The van der Waals surface area contributed by atoms with Crippen LogP contribution in [-0.4, -0.2) is 48.1 Å². The van der Waals surface area contributed by atoms with Crippen LogP contribution in [-0.2, 0) is 23.7 Å². The summed E-state index contributed by atoms with van der Waals surface area (Å²) in [4.78, 5) is 11.0. The second-order valence-electron chi connectivity index (χ2n) is 5.96. The Kier molecular flexibility index (Phi) is 5.07. The largest absolute Gasteiger partial charge is 0.478 e. The van der Waals surface area contributed by atoms with E-state index in [2.05, 4.69) is 6.58 Å². The van der Waals surface area contributed by atoms with E-state index >= 15 is 0 Å². The highest BCUT2D eigenvalue weighted by molar-refractivity contribution is 5.82. The van der Waals surface area contributed by atoms with Gasteiger partial charge >= 0.3 is 5.97 Å². The highest BCUT2D eigenvalue weighted by Crippen LogP contribution is 2.42. The van der Waals surface area contributed by atoms with Gasteiger partial charge in [0, 0.05) is 19.1 Å². The zero-order valence-corrected chi connectivity index (χ0v) is 13.5. The molecule has 0 radical (unpaired) electrons. The van der Waals surface area contributed by atoms with Crippen molar-refractivity contribution >= 4 is 5.97 Å². The first-order valence-corrected chi connectivity index (χ1v) is 7.49. The average Bonchev–Trinajstić information content (AvgIpc) is 2.71. The molecule has 4 unspecified atom stereocenters. The van der Waals surface area contributed by atoms with Crippen LogP contribution in [0.15, 0.2) is 23.8 Å². The van der Waals surface area contributed by atoms with Gasteiger partial charge in [0.25, 0.3) is 0 Å². The van der Waals surface area contributed by atoms with Gasteiger partial charge in [-0.25, -0.2) is 4.79 Å². The first kappa shape index (κ1) is 17.1. The molecule has 22 heavy (non-hydrogen) atoms. The van der Waals surface area contributed by atoms with Gasteiger partial charge in [-0.15, -0.1) is 0 Å². The van der Waals surface area contributed by atoms with Crippen LogP contribution in [0.2, 0.25) is 0 Å². The third-order valence-electron chi connectivity index (χ3n) is 3.74. The quantitative estimate of drug-likeness (QED) is 0.620. The molecule has 1 aliphatic carbocycles. The van der Waals surface area contributed by atoms with Crippen molar-refractivity contribution in [1.82, 2.24) is 0 Å². The van der Waals surface area contributed by atoms with Crippen molar-refractivity contribution < 1.29 is 28.8 Å². The minimum Gasteiger partial charge on any atom is -0.478 e. The van der Waals surface area contributed by atoms with E-state index < -0.39 is 24.2 Å². The number of aliphatic carboxylic acids is 1. The number of hydrogen-bond acceptors (Lipinski definition) is 5. The van der Waals surface area contributed by atoms with Crippen molar-refractivity contribution in [1.29, 1.82) is 0 Å². The SMILES string of the molecule is C=C1C(=CC(=O)O)CC(OC(C)OCC)C2OC(C)(C)OC12. The fourth-order valence-electron chi connectivity index (χ4n) is 2.92. The fourth-order valence-corrected chi connectivity index (χ4v) is 2.92. The molecule has 1 heterocycles. The molecule has 6 heteroatoms. The van der Waals surface area contributed by atoms with Gasteiger partial charge in [0.05, 0.1) is 6.10 Å². The lowest BCUT2D eigenvalue weighted by Crippen LogP contribution is -2.44. The number of carboxylic acids is 1. The standard InChI is InChI=1S/C16H24O6/c1-6-19-10(3)20-12-7-11(8-13(17)18)9(2)14-15(12)22-16(4,5)21-14/h8,10,12,14-15H,2,6-7H2,1,3-5H3,(H,17,18). The number of fused-ring (bicyclic) bond motifs is 1. The van der Waals surface area contributed by atoms with E-state index in [1.54, 1.807) is 0 Å². The molecule has 124 valence electrons. The van der Waals surface area contributed by atoms with E-state index in [4.69, 9.17) is 24.1 Å². The monoisotopic (exact) mass is 312 g/mol. The van der Waals surface area contributed by atoms with Gasteiger partial charge in [-0.1, -0.05) is 6.58 Å². The molecule has 6 nitrogen and oxygen atoms in total. The molecule has 0 aromatic carbocycles. The van der Waals surface area contributed by atoms with E-state index in [-0.39, 0.29) is 12.2 Å². The van der Waals surface area contributed by atoms with Gasteiger partial charge in [-0.3, -0.25) is 0 Å². The predicted octanol–water partition coefficient (Wildman–Crippen LogP) is 2.25. The Hall–Kier alpha value is -1.21. The first-order valence-electron chi connectivity index (χ1n) is 7.49. The minimum absolute atomic E-state index is 0.323. The lowest BCUT2D eigenvalue weighted by atomic mass is 9.84. The second-order valence-corrected chi connectivity index (χ2v) is 5.96. The van der Waals surface area contributed by atoms with Gasteiger partial charge in [-0.05, 0) is 38.8 Å². The van der Waals surface area contributed by atoms with Crippen molar-refractivity contribution in [2.45, 2.75) is 64.5 Å². The molecule has 1 N–H and O–H groups in total. The van der Waals surface area contributed by atoms with Gasteiger partial charge in [-0.2, -0.15) is 0 Å². The van der Waals surface area contributed by atoms with Crippen LogP contribution in [0.5, 0.6) is 0 Å². The molecule has 0 aromatic rings. The molecule has 0 amide bonds. The number of hydrogen-bond donors (Lipinski definition) is 1. The summed E-state index contributed by atoms with van der Waals surface area (Å²) in [5.74, 6) is -1.77. The third-order valence-corrected chi connectivity index (χ3v) is 3.74. The molecule has 0 bridgehead atoms. The van der Waals surface area contributed by atoms with Crippen molar-refractivity contribution in [2.24, 2.45) is 0 Å². The Labute approximate surface area is 130 Å². The van der Waals surface area contributed by atoms with Crippen LogP contribution < -0.4 is 0 Å². The zero-order valence-electron chi connectivity index (χ0n) is 13.5. The molecule has 4 atom stereocenters. The maximum absolute atomic E-state index is 11.0.